The number of rotatable bonds is 5. The molecule has 0 aliphatic carbocycles. The van der Waals surface area contributed by atoms with Gasteiger partial charge in [-0.05, 0) is 26.8 Å². The summed E-state index contributed by atoms with van der Waals surface area (Å²) < 4.78 is 5.12. The summed E-state index contributed by atoms with van der Waals surface area (Å²) in [6.45, 7) is 7.84. The first-order valence-corrected chi connectivity index (χ1v) is 4.90. The Morgan fingerprint density at radius 1 is 1.38 bits per heavy atom. The molecule has 0 rings (SSSR count). The van der Waals surface area contributed by atoms with Crippen LogP contribution in [0.4, 0.5) is 0 Å². The molecular formula is C10H21NO2. The largest absolute Gasteiger partial charge is 0.462 e. The van der Waals surface area contributed by atoms with Crippen molar-refractivity contribution in [3.05, 3.63) is 0 Å². The Kier molecular flexibility index (Phi) is 5.71. The van der Waals surface area contributed by atoms with Gasteiger partial charge in [-0.2, -0.15) is 0 Å². The highest BCUT2D eigenvalue weighted by molar-refractivity contribution is 5.76. The number of hydrogen-bond acceptors (Lipinski definition) is 3. The van der Waals surface area contributed by atoms with Crippen LogP contribution in [0, 0.1) is 5.92 Å². The van der Waals surface area contributed by atoms with Gasteiger partial charge >= 0.3 is 5.97 Å². The van der Waals surface area contributed by atoms with Gasteiger partial charge in [-0.1, -0.05) is 20.3 Å². The van der Waals surface area contributed by atoms with Gasteiger partial charge < -0.3 is 10.1 Å². The molecule has 0 saturated carbocycles. The fourth-order valence-corrected chi connectivity index (χ4v) is 1.18. The lowest BCUT2D eigenvalue weighted by Gasteiger charge is -2.21. The first-order valence-electron chi connectivity index (χ1n) is 4.90. The Labute approximate surface area is 80.8 Å². The van der Waals surface area contributed by atoms with Crippen LogP contribution in [-0.4, -0.2) is 25.2 Å². The molecule has 0 unspecified atom stereocenters. The second-order valence-corrected chi connectivity index (χ2v) is 3.64. The highest BCUT2D eigenvalue weighted by Crippen LogP contribution is 2.09. The van der Waals surface area contributed by atoms with Gasteiger partial charge in [0, 0.05) is 0 Å². The number of hydrogen-bond donors (Lipinski definition) is 1. The molecule has 0 aliphatic rings. The normalized spacial score (nSPS) is 15.5. The van der Waals surface area contributed by atoms with Gasteiger partial charge in [-0.25, -0.2) is 0 Å². The van der Waals surface area contributed by atoms with Gasteiger partial charge in [0.25, 0.3) is 0 Å². The summed E-state index contributed by atoms with van der Waals surface area (Å²) in [7, 11) is 1.79. The van der Waals surface area contributed by atoms with E-state index < -0.39 is 0 Å². The molecule has 0 fully saturated rings. The van der Waals surface area contributed by atoms with Crippen molar-refractivity contribution >= 4 is 5.97 Å². The first-order chi connectivity index (χ1) is 6.02. The topological polar surface area (TPSA) is 38.3 Å². The maximum Gasteiger partial charge on any atom is 0.323 e. The van der Waals surface area contributed by atoms with Crippen LogP contribution in [-0.2, 0) is 9.53 Å². The lowest BCUT2D eigenvalue weighted by molar-refractivity contribution is -0.151. The molecule has 0 heterocycles. The van der Waals surface area contributed by atoms with Crippen LogP contribution in [0.2, 0.25) is 0 Å². The third-order valence-corrected chi connectivity index (χ3v) is 2.13. The summed E-state index contributed by atoms with van der Waals surface area (Å²) >= 11 is 0. The van der Waals surface area contributed by atoms with E-state index in [1.807, 2.05) is 20.8 Å². The summed E-state index contributed by atoms with van der Waals surface area (Å²) in [6.07, 6.45) is 0.936. The molecule has 2 atom stereocenters. The molecule has 1 N–H and O–H groups in total. The molecule has 78 valence electrons. The van der Waals surface area contributed by atoms with E-state index in [2.05, 4.69) is 12.2 Å². The lowest BCUT2D eigenvalue weighted by atomic mass is 9.99. The Morgan fingerprint density at radius 3 is 2.23 bits per heavy atom. The monoisotopic (exact) mass is 187 g/mol. The van der Waals surface area contributed by atoms with Crippen molar-refractivity contribution in [2.24, 2.45) is 5.92 Å². The molecule has 0 spiro atoms. The van der Waals surface area contributed by atoms with Gasteiger partial charge in [-0.15, -0.1) is 0 Å². The summed E-state index contributed by atoms with van der Waals surface area (Å²) in [4.78, 5) is 11.5. The van der Waals surface area contributed by atoms with E-state index in [1.54, 1.807) is 7.05 Å². The van der Waals surface area contributed by atoms with Crippen LogP contribution in [0.15, 0.2) is 0 Å². The molecule has 3 nitrogen and oxygen atoms in total. The molecule has 3 heteroatoms. The zero-order valence-electron chi connectivity index (χ0n) is 9.26. The second-order valence-electron chi connectivity index (χ2n) is 3.64. The standard InChI is InChI=1S/C10H21NO2/c1-6-8(4)9(11-5)10(12)13-7(2)3/h7-9,11H,6H2,1-5H3/t8-,9+/m1/s1. The van der Waals surface area contributed by atoms with Gasteiger partial charge in [0.2, 0.25) is 0 Å². The van der Waals surface area contributed by atoms with Crippen molar-refractivity contribution < 1.29 is 9.53 Å². The van der Waals surface area contributed by atoms with Crippen LogP contribution in [0.5, 0.6) is 0 Å². The van der Waals surface area contributed by atoms with Crippen molar-refractivity contribution in [2.45, 2.75) is 46.3 Å². The maximum atomic E-state index is 11.5. The molecule has 13 heavy (non-hydrogen) atoms. The molecule has 0 amide bonds. The van der Waals surface area contributed by atoms with Crippen LogP contribution >= 0.6 is 0 Å². The van der Waals surface area contributed by atoms with Crippen LogP contribution in [0.3, 0.4) is 0 Å². The Hall–Kier alpha value is -0.570. The predicted molar refractivity (Wildman–Crippen MR) is 53.5 cm³/mol. The first kappa shape index (κ1) is 12.4. The van der Waals surface area contributed by atoms with Crippen molar-refractivity contribution in [1.29, 1.82) is 0 Å². The molecule has 0 bridgehead atoms. The molecular weight excluding hydrogens is 166 g/mol. The van der Waals surface area contributed by atoms with E-state index >= 15 is 0 Å². The molecule has 0 aromatic heterocycles. The average Bonchev–Trinajstić information content (AvgIpc) is 2.03. The number of carbonyl (C=O) groups is 1. The number of nitrogens with one attached hydrogen (secondary N) is 1. The average molecular weight is 187 g/mol. The minimum absolute atomic E-state index is 0.0348. The predicted octanol–water partition coefficient (Wildman–Crippen LogP) is 1.57. The second kappa shape index (κ2) is 5.97. The Balaban J connectivity index is 4.15. The minimum atomic E-state index is -0.174. The van der Waals surface area contributed by atoms with Crippen LogP contribution < -0.4 is 5.32 Å². The lowest BCUT2D eigenvalue weighted by Crippen LogP contribution is -2.41. The summed E-state index contributed by atoms with van der Waals surface area (Å²) in [5.74, 6) is 0.170. The Morgan fingerprint density at radius 2 is 1.92 bits per heavy atom. The third-order valence-electron chi connectivity index (χ3n) is 2.13. The van der Waals surface area contributed by atoms with Gasteiger partial charge in [-0.3, -0.25) is 4.79 Å². The zero-order chi connectivity index (χ0) is 10.4. The van der Waals surface area contributed by atoms with Crippen molar-refractivity contribution in [1.82, 2.24) is 5.32 Å². The van der Waals surface area contributed by atoms with Crippen molar-refractivity contribution in [3.8, 4) is 0 Å². The van der Waals surface area contributed by atoms with Crippen molar-refractivity contribution in [2.75, 3.05) is 7.05 Å². The van der Waals surface area contributed by atoms with Gasteiger partial charge in [0.15, 0.2) is 0 Å². The number of likely N-dealkylation sites (N-methyl/N-ethyl adjacent to an activating group) is 1. The van der Waals surface area contributed by atoms with E-state index in [4.69, 9.17) is 4.74 Å². The van der Waals surface area contributed by atoms with E-state index in [0.29, 0.717) is 5.92 Å². The zero-order valence-corrected chi connectivity index (χ0v) is 9.26. The van der Waals surface area contributed by atoms with E-state index in [1.165, 1.54) is 0 Å². The fraction of sp³-hybridized carbons (Fsp3) is 0.900. The quantitative estimate of drug-likeness (QED) is 0.664. The minimum Gasteiger partial charge on any atom is -0.462 e. The van der Waals surface area contributed by atoms with Gasteiger partial charge in [0.05, 0.1) is 6.10 Å². The summed E-state index contributed by atoms with van der Waals surface area (Å²) in [6, 6.07) is -0.174. The third kappa shape index (κ3) is 4.27. The number of ether oxygens (including phenoxy) is 1. The maximum absolute atomic E-state index is 11.5. The van der Waals surface area contributed by atoms with Gasteiger partial charge in [0.1, 0.15) is 6.04 Å². The molecule has 0 saturated heterocycles. The molecule has 0 aliphatic heterocycles. The summed E-state index contributed by atoms with van der Waals surface area (Å²) in [5, 5.41) is 2.98. The van der Waals surface area contributed by atoms with E-state index in [0.717, 1.165) is 6.42 Å². The Bertz CT molecular complexity index is 157. The van der Waals surface area contributed by atoms with Crippen molar-refractivity contribution in [3.63, 3.8) is 0 Å². The van der Waals surface area contributed by atoms with Crippen LogP contribution in [0.25, 0.3) is 0 Å². The van der Waals surface area contributed by atoms with Crippen LogP contribution in [0.1, 0.15) is 34.1 Å². The highest BCUT2D eigenvalue weighted by atomic mass is 16.5. The number of esters is 1. The number of carbonyl (C=O) groups excluding carboxylic acids is 1. The molecule has 0 aromatic rings. The molecule has 0 radical (unpaired) electrons. The fourth-order valence-electron chi connectivity index (χ4n) is 1.18. The summed E-state index contributed by atoms with van der Waals surface area (Å²) in [5.41, 5.74) is 0. The van der Waals surface area contributed by atoms with E-state index in [-0.39, 0.29) is 18.1 Å². The highest BCUT2D eigenvalue weighted by Gasteiger charge is 2.23. The molecule has 0 aromatic carbocycles. The smallest absolute Gasteiger partial charge is 0.323 e. The SMILES string of the molecule is CC[C@@H](C)[C@H](NC)C(=O)OC(C)C. The van der Waals surface area contributed by atoms with E-state index in [9.17, 15) is 4.79 Å².